The maximum absolute atomic E-state index is 13.4. The van der Waals surface area contributed by atoms with Crippen LogP contribution >= 0.6 is 0 Å². The average molecular weight is 345 g/mol. The number of rotatable bonds is 3. The first kappa shape index (κ1) is 15.7. The summed E-state index contributed by atoms with van der Waals surface area (Å²) < 4.78 is 30.3. The van der Waals surface area contributed by atoms with Gasteiger partial charge in [0.15, 0.2) is 5.03 Å². The highest BCUT2D eigenvalue weighted by Crippen LogP contribution is 2.38. The quantitative estimate of drug-likeness (QED) is 0.859. The van der Waals surface area contributed by atoms with Gasteiger partial charge in [-0.05, 0) is 36.3 Å². The molecular weight excluding hydrogens is 322 g/mol. The fraction of sp³-hybridized carbons (Fsp3) is 0.500. The van der Waals surface area contributed by atoms with Gasteiger partial charge >= 0.3 is 0 Å². The van der Waals surface area contributed by atoms with E-state index in [1.807, 2.05) is 10.6 Å². The molecule has 2 aliphatic rings. The third-order valence-corrected chi connectivity index (χ3v) is 6.87. The van der Waals surface area contributed by atoms with E-state index < -0.39 is 10.0 Å². The molecule has 0 fully saturated rings. The zero-order valence-electron chi connectivity index (χ0n) is 14.2. The van der Waals surface area contributed by atoms with Crippen LogP contribution in [0.5, 0.6) is 0 Å². The highest BCUT2D eigenvalue weighted by atomic mass is 32.2. The highest BCUT2D eigenvalue weighted by molar-refractivity contribution is 7.92. The number of para-hydroxylation sites is 1. The molecule has 2 aromatic rings. The van der Waals surface area contributed by atoms with Crippen LogP contribution in [0, 0.1) is 0 Å². The largest absolute Gasteiger partial charge is 0.318 e. The fourth-order valence-corrected chi connectivity index (χ4v) is 5.62. The molecule has 0 atom stereocenters. The second-order valence-corrected chi connectivity index (χ2v) is 8.77. The van der Waals surface area contributed by atoms with Crippen molar-refractivity contribution in [1.82, 2.24) is 9.55 Å². The zero-order chi connectivity index (χ0) is 16.9. The lowest BCUT2D eigenvalue weighted by Gasteiger charge is -2.33. The van der Waals surface area contributed by atoms with Crippen LogP contribution < -0.4 is 4.31 Å². The normalized spacial score (nSPS) is 17.2. The Balaban J connectivity index is 1.87. The Morgan fingerprint density at radius 3 is 2.71 bits per heavy atom. The van der Waals surface area contributed by atoms with Crippen molar-refractivity contribution in [2.75, 3.05) is 10.8 Å². The summed E-state index contributed by atoms with van der Waals surface area (Å²) in [6.45, 7) is 5.52. The number of hydrogen-bond donors (Lipinski definition) is 0. The van der Waals surface area contributed by atoms with Gasteiger partial charge in [0.1, 0.15) is 5.82 Å². The molecule has 6 heteroatoms. The number of anilines is 1. The Hall–Kier alpha value is -1.82. The monoisotopic (exact) mass is 345 g/mol. The number of fused-ring (bicyclic) bond motifs is 2. The van der Waals surface area contributed by atoms with Crippen LogP contribution in [-0.2, 0) is 29.4 Å². The third kappa shape index (κ3) is 2.27. The van der Waals surface area contributed by atoms with E-state index in [-0.39, 0.29) is 5.92 Å². The first-order valence-electron chi connectivity index (χ1n) is 8.69. The Bertz CT molecular complexity index is 884. The molecule has 0 saturated heterocycles. The van der Waals surface area contributed by atoms with Crippen LogP contribution in [0.25, 0.3) is 0 Å². The molecule has 24 heavy (non-hydrogen) atoms. The van der Waals surface area contributed by atoms with E-state index in [1.54, 1.807) is 4.31 Å². The summed E-state index contributed by atoms with van der Waals surface area (Å²) in [4.78, 5) is 4.33. The van der Waals surface area contributed by atoms with Crippen molar-refractivity contribution < 1.29 is 8.42 Å². The van der Waals surface area contributed by atoms with Crippen molar-refractivity contribution in [3.8, 4) is 0 Å². The van der Waals surface area contributed by atoms with Gasteiger partial charge in [0.25, 0.3) is 10.0 Å². The minimum absolute atomic E-state index is 0.284. The summed E-state index contributed by atoms with van der Waals surface area (Å²) in [7, 11) is -3.58. The topological polar surface area (TPSA) is 55.2 Å². The Kier molecular flexibility index (Phi) is 3.67. The van der Waals surface area contributed by atoms with Crippen LogP contribution in [0.2, 0.25) is 0 Å². The van der Waals surface area contributed by atoms with E-state index in [0.717, 1.165) is 54.9 Å². The number of aromatic nitrogens is 2. The molecule has 0 spiro atoms. The first-order valence-corrected chi connectivity index (χ1v) is 10.1. The molecule has 0 N–H and O–H groups in total. The van der Waals surface area contributed by atoms with Gasteiger partial charge in [-0.2, -0.15) is 8.42 Å². The smallest absolute Gasteiger partial charge is 0.281 e. The van der Waals surface area contributed by atoms with Gasteiger partial charge in [0.2, 0.25) is 0 Å². The van der Waals surface area contributed by atoms with Gasteiger partial charge in [0, 0.05) is 19.5 Å². The van der Waals surface area contributed by atoms with Crippen molar-refractivity contribution in [3.63, 3.8) is 0 Å². The number of sulfonamides is 1. The molecule has 0 radical (unpaired) electrons. The lowest BCUT2D eigenvalue weighted by molar-refractivity contribution is 0.569. The molecule has 0 bridgehead atoms. The van der Waals surface area contributed by atoms with Gasteiger partial charge in [-0.15, -0.1) is 0 Å². The van der Waals surface area contributed by atoms with E-state index in [1.165, 1.54) is 6.20 Å². The fourth-order valence-electron chi connectivity index (χ4n) is 3.90. The van der Waals surface area contributed by atoms with Crippen molar-refractivity contribution in [2.24, 2.45) is 0 Å². The summed E-state index contributed by atoms with van der Waals surface area (Å²) in [5.74, 6) is 1.18. The van der Waals surface area contributed by atoms with Gasteiger partial charge in [-0.25, -0.2) is 4.98 Å². The molecule has 1 aromatic heterocycles. The number of imidazole rings is 1. The lowest BCUT2D eigenvalue weighted by atomic mass is 9.93. The van der Waals surface area contributed by atoms with Crippen LogP contribution in [0.1, 0.15) is 49.6 Å². The molecule has 0 amide bonds. The molecular formula is C18H23N3O2S. The van der Waals surface area contributed by atoms with Crippen LogP contribution in [-0.4, -0.2) is 24.5 Å². The molecule has 3 heterocycles. The molecule has 0 saturated carbocycles. The van der Waals surface area contributed by atoms with Gasteiger partial charge in [-0.1, -0.05) is 32.0 Å². The Labute approximate surface area is 143 Å². The first-order chi connectivity index (χ1) is 11.5. The second-order valence-electron chi connectivity index (χ2n) is 6.96. The summed E-state index contributed by atoms with van der Waals surface area (Å²) >= 11 is 0. The highest BCUT2D eigenvalue weighted by Gasteiger charge is 2.35. The van der Waals surface area contributed by atoms with Crippen LogP contribution in [0.4, 0.5) is 5.69 Å². The summed E-state index contributed by atoms with van der Waals surface area (Å²) in [5, 5.41) is 0.349. The Morgan fingerprint density at radius 2 is 1.92 bits per heavy atom. The number of aryl methyl sites for hydroxylation is 2. The molecule has 1 aromatic carbocycles. The average Bonchev–Trinajstić information content (AvgIpc) is 3.16. The van der Waals surface area contributed by atoms with Crippen molar-refractivity contribution in [2.45, 2.75) is 57.0 Å². The number of hydrogen-bond acceptors (Lipinski definition) is 3. The van der Waals surface area contributed by atoms with Gasteiger partial charge in [0.05, 0.1) is 11.9 Å². The summed E-state index contributed by atoms with van der Waals surface area (Å²) in [5.41, 5.74) is 3.14. The Morgan fingerprint density at radius 1 is 1.12 bits per heavy atom. The van der Waals surface area contributed by atoms with E-state index in [2.05, 4.69) is 31.0 Å². The standard InChI is InChI=1S/C18H23N3O2S/c1-13(2)15-8-3-6-14-7-4-11-21(18(14)15)24(22,23)17-12-19-16-9-5-10-20(16)17/h3,6,8,12-13H,4-5,7,9-11H2,1-2H3. The molecule has 4 rings (SSSR count). The minimum atomic E-state index is -3.58. The molecule has 5 nitrogen and oxygen atoms in total. The van der Waals surface area contributed by atoms with E-state index >= 15 is 0 Å². The van der Waals surface area contributed by atoms with Crippen molar-refractivity contribution in [3.05, 3.63) is 41.3 Å². The molecule has 0 unspecified atom stereocenters. The minimum Gasteiger partial charge on any atom is -0.318 e. The maximum atomic E-state index is 13.4. The predicted molar refractivity (Wildman–Crippen MR) is 93.9 cm³/mol. The second kappa shape index (κ2) is 5.62. The van der Waals surface area contributed by atoms with E-state index in [0.29, 0.717) is 11.6 Å². The van der Waals surface area contributed by atoms with Gasteiger partial charge in [-0.3, -0.25) is 4.31 Å². The van der Waals surface area contributed by atoms with E-state index in [9.17, 15) is 8.42 Å². The lowest BCUT2D eigenvalue weighted by Crippen LogP contribution is -2.37. The number of benzene rings is 1. The molecule has 2 aliphatic heterocycles. The molecule has 0 aliphatic carbocycles. The van der Waals surface area contributed by atoms with Crippen molar-refractivity contribution in [1.29, 1.82) is 0 Å². The zero-order valence-corrected chi connectivity index (χ0v) is 15.0. The van der Waals surface area contributed by atoms with Crippen molar-refractivity contribution >= 4 is 15.7 Å². The van der Waals surface area contributed by atoms with Gasteiger partial charge < -0.3 is 4.57 Å². The third-order valence-electron chi connectivity index (χ3n) is 5.07. The number of nitrogens with zero attached hydrogens (tertiary/aromatic N) is 3. The predicted octanol–water partition coefficient (Wildman–Crippen LogP) is 3.09. The summed E-state index contributed by atoms with van der Waals surface area (Å²) in [6, 6.07) is 6.16. The maximum Gasteiger partial charge on any atom is 0.281 e. The summed E-state index contributed by atoms with van der Waals surface area (Å²) in [6.07, 6.45) is 5.17. The van der Waals surface area contributed by atoms with Crippen LogP contribution in [0.3, 0.4) is 0 Å². The SMILES string of the molecule is CC(C)c1cccc2c1N(S(=O)(=O)c1cnc3n1CCC3)CCC2. The van der Waals surface area contributed by atoms with Crippen LogP contribution in [0.15, 0.2) is 29.4 Å². The molecule has 128 valence electrons. The van der Waals surface area contributed by atoms with E-state index in [4.69, 9.17) is 0 Å².